The summed E-state index contributed by atoms with van der Waals surface area (Å²) in [7, 11) is 0. The van der Waals surface area contributed by atoms with Crippen molar-refractivity contribution in [3.63, 3.8) is 0 Å². The minimum absolute atomic E-state index is 0. The zero-order chi connectivity index (χ0) is 12.4. The Morgan fingerprint density at radius 2 is 1.17 bits per heavy atom. The van der Waals surface area contributed by atoms with Gasteiger partial charge in [-0.2, -0.15) is 0 Å². The van der Waals surface area contributed by atoms with E-state index in [1.54, 1.807) is 0 Å². The van der Waals surface area contributed by atoms with Gasteiger partial charge in [0, 0.05) is 12.4 Å². The zero-order valence-corrected chi connectivity index (χ0v) is 16.0. The average Bonchev–Trinajstić information content (AvgIpc) is 2.01. The van der Waals surface area contributed by atoms with Crippen molar-refractivity contribution in [2.45, 2.75) is 17.8 Å². The maximum atomic E-state index is 10.2. The molecule has 0 spiro atoms. The Labute approximate surface area is 167 Å². The normalized spacial score (nSPS) is 12.8. The molecule has 0 radical (unpaired) electrons. The van der Waals surface area contributed by atoms with Crippen molar-refractivity contribution >= 4 is 17.9 Å². The van der Waals surface area contributed by atoms with Crippen LogP contribution in [-0.2, 0) is 14.4 Å². The smallest absolute Gasteiger partial charge is 0.550 e. The van der Waals surface area contributed by atoms with Crippen LogP contribution in [0.3, 0.4) is 0 Å². The van der Waals surface area contributed by atoms with E-state index in [2.05, 4.69) is 0 Å². The van der Waals surface area contributed by atoms with Crippen LogP contribution in [0, 0.1) is 0 Å². The van der Waals surface area contributed by atoms with Crippen LogP contribution in [-0.4, -0.2) is 44.6 Å². The molecular formula is C6H5Na3O9. The molecule has 0 rings (SSSR count). The molecule has 0 aliphatic rings. The minimum Gasteiger partial charge on any atom is -0.550 e. The second-order valence-corrected chi connectivity index (χ2v) is 2.66. The van der Waals surface area contributed by atoms with E-state index in [0.717, 1.165) is 0 Å². The molecular weight excluding hydrogens is 285 g/mol. The van der Waals surface area contributed by atoms with Crippen molar-refractivity contribution in [2.24, 2.45) is 0 Å². The SMILES string of the molecule is O=C([O-])CC(O)(C(=O)[O-])C(O)(O)C(=O)[O-].[Na+].[Na+].[Na+]. The quantitative estimate of drug-likeness (QED) is 0.327. The third-order valence-electron chi connectivity index (χ3n) is 1.60. The second kappa shape index (κ2) is 10.1. The van der Waals surface area contributed by atoms with E-state index in [-0.39, 0.29) is 88.7 Å². The van der Waals surface area contributed by atoms with E-state index in [1.807, 2.05) is 0 Å². The molecule has 0 heterocycles. The van der Waals surface area contributed by atoms with Crippen molar-refractivity contribution in [3.05, 3.63) is 0 Å². The molecule has 12 heteroatoms. The third kappa shape index (κ3) is 6.16. The van der Waals surface area contributed by atoms with Gasteiger partial charge < -0.3 is 45.0 Å². The van der Waals surface area contributed by atoms with Crippen LogP contribution in [0.5, 0.6) is 0 Å². The van der Waals surface area contributed by atoms with E-state index in [1.165, 1.54) is 0 Å². The monoisotopic (exact) mass is 290 g/mol. The Bertz CT molecular complexity index is 317. The van der Waals surface area contributed by atoms with Crippen LogP contribution >= 0.6 is 0 Å². The fourth-order valence-electron chi connectivity index (χ4n) is 0.715. The molecule has 0 aliphatic heterocycles. The van der Waals surface area contributed by atoms with Gasteiger partial charge in [0.05, 0.1) is 5.97 Å². The summed E-state index contributed by atoms with van der Waals surface area (Å²) in [4.78, 5) is 30.3. The van der Waals surface area contributed by atoms with Crippen molar-refractivity contribution in [1.82, 2.24) is 0 Å². The van der Waals surface area contributed by atoms with Crippen molar-refractivity contribution in [1.29, 1.82) is 0 Å². The largest absolute Gasteiger partial charge is 1.00 e. The van der Waals surface area contributed by atoms with Crippen molar-refractivity contribution in [2.75, 3.05) is 0 Å². The summed E-state index contributed by atoms with van der Waals surface area (Å²) in [6.07, 6.45) is -1.89. The number of hydrogen-bond donors (Lipinski definition) is 3. The van der Waals surface area contributed by atoms with E-state index in [9.17, 15) is 29.7 Å². The van der Waals surface area contributed by atoms with E-state index < -0.39 is 35.7 Å². The standard InChI is InChI=1S/C6H8O9.3Na/c7-2(8)1-5(13,3(9)10)6(14,15)4(11)12;;;/h13-15H,1H2,(H,7,8)(H,9,10)(H,11,12);;;/q;3*+1/p-3. The summed E-state index contributed by atoms with van der Waals surface area (Å²) in [5.74, 6) is -12.0. The molecule has 0 fully saturated rings. The zero-order valence-electron chi connectivity index (χ0n) is 10.00. The molecule has 0 aliphatic carbocycles. The number of carbonyl (C=O) groups is 3. The summed E-state index contributed by atoms with van der Waals surface area (Å²) in [6, 6.07) is 0. The minimum atomic E-state index is -4.31. The topological polar surface area (TPSA) is 181 Å². The Morgan fingerprint density at radius 1 is 0.833 bits per heavy atom. The van der Waals surface area contributed by atoms with Gasteiger partial charge in [-0.25, -0.2) is 0 Å². The number of hydrogen-bond acceptors (Lipinski definition) is 9. The van der Waals surface area contributed by atoms with Crippen LogP contribution < -0.4 is 104 Å². The molecule has 0 aromatic rings. The second-order valence-electron chi connectivity index (χ2n) is 2.66. The summed E-state index contributed by atoms with van der Waals surface area (Å²) < 4.78 is 0. The number of carbonyl (C=O) groups excluding carboxylic acids is 3. The molecule has 0 aromatic carbocycles. The Morgan fingerprint density at radius 3 is 1.33 bits per heavy atom. The number of aliphatic hydroxyl groups is 3. The maximum absolute atomic E-state index is 10.2. The number of aliphatic carboxylic acids is 3. The first-order valence-corrected chi connectivity index (χ1v) is 3.35. The van der Waals surface area contributed by atoms with Gasteiger partial charge >= 0.3 is 88.7 Å². The molecule has 0 bridgehead atoms. The first kappa shape index (κ1) is 27.6. The molecule has 0 saturated heterocycles. The molecule has 18 heavy (non-hydrogen) atoms. The van der Waals surface area contributed by atoms with Gasteiger partial charge in [0.2, 0.25) is 5.79 Å². The molecule has 0 saturated carbocycles. The Hall–Kier alpha value is 1.29. The van der Waals surface area contributed by atoms with Crippen LogP contribution in [0.2, 0.25) is 0 Å². The van der Waals surface area contributed by atoms with Crippen LogP contribution in [0.4, 0.5) is 0 Å². The summed E-state index contributed by atoms with van der Waals surface area (Å²) >= 11 is 0. The number of rotatable bonds is 5. The van der Waals surface area contributed by atoms with Gasteiger partial charge in [-0.05, 0) is 0 Å². The van der Waals surface area contributed by atoms with E-state index in [0.29, 0.717) is 0 Å². The fourth-order valence-corrected chi connectivity index (χ4v) is 0.715. The maximum Gasteiger partial charge on any atom is 1.00 e. The van der Waals surface area contributed by atoms with E-state index in [4.69, 9.17) is 15.3 Å². The van der Waals surface area contributed by atoms with Gasteiger partial charge in [0.15, 0.2) is 5.60 Å². The molecule has 1 unspecified atom stereocenters. The van der Waals surface area contributed by atoms with Gasteiger partial charge in [-0.1, -0.05) is 0 Å². The van der Waals surface area contributed by atoms with E-state index >= 15 is 0 Å². The summed E-state index contributed by atoms with van der Waals surface area (Å²) in [6.45, 7) is 0. The van der Waals surface area contributed by atoms with Crippen molar-refractivity contribution < 1.29 is 134 Å². The van der Waals surface area contributed by atoms with Crippen LogP contribution in [0.1, 0.15) is 6.42 Å². The molecule has 0 amide bonds. The van der Waals surface area contributed by atoms with Gasteiger partial charge in [-0.15, -0.1) is 0 Å². The van der Waals surface area contributed by atoms with Crippen LogP contribution in [0.25, 0.3) is 0 Å². The van der Waals surface area contributed by atoms with Gasteiger partial charge in [0.1, 0.15) is 5.97 Å². The summed E-state index contributed by atoms with van der Waals surface area (Å²) in [5, 5.41) is 56.6. The number of carboxylic acid groups (broad SMARTS) is 3. The molecule has 9 nitrogen and oxygen atoms in total. The van der Waals surface area contributed by atoms with Crippen molar-refractivity contribution in [3.8, 4) is 0 Å². The summed E-state index contributed by atoms with van der Waals surface area (Å²) in [5.41, 5.74) is -3.97. The van der Waals surface area contributed by atoms with Crippen LogP contribution in [0.15, 0.2) is 0 Å². The fraction of sp³-hybridized carbons (Fsp3) is 0.500. The Balaban J connectivity index is -0.000000327. The third-order valence-corrected chi connectivity index (χ3v) is 1.60. The van der Waals surface area contributed by atoms with Gasteiger partial charge in [-0.3, -0.25) is 0 Å². The Kier molecular flexibility index (Phi) is 15.5. The predicted octanol–water partition coefficient (Wildman–Crippen LogP) is -15.9. The average molecular weight is 290 g/mol. The molecule has 0 aromatic heterocycles. The molecule has 3 N–H and O–H groups in total. The first-order chi connectivity index (χ1) is 6.55. The molecule has 1 atom stereocenters. The van der Waals surface area contributed by atoms with Gasteiger partial charge in [0.25, 0.3) is 0 Å². The molecule has 86 valence electrons. The number of carboxylic acids is 3. The predicted molar refractivity (Wildman–Crippen MR) is 31.8 cm³/mol. The first-order valence-electron chi connectivity index (χ1n) is 3.35.